The van der Waals surface area contributed by atoms with E-state index >= 15 is 0 Å². The van der Waals surface area contributed by atoms with Crippen LogP contribution < -0.4 is 4.74 Å². The molecule has 0 aromatic heterocycles. The van der Waals surface area contributed by atoms with Crippen LogP contribution >= 0.6 is 15.9 Å². The third-order valence-corrected chi connectivity index (χ3v) is 6.04. The normalized spacial score (nSPS) is 19.9. The lowest BCUT2D eigenvalue weighted by Crippen LogP contribution is -2.14. The molecule has 0 N–H and O–H groups in total. The summed E-state index contributed by atoms with van der Waals surface area (Å²) in [5.74, 6) is -0.439. The van der Waals surface area contributed by atoms with Crippen molar-refractivity contribution in [3.8, 4) is 17.6 Å². The summed E-state index contributed by atoms with van der Waals surface area (Å²) in [5, 5.41) is 9.64. The van der Waals surface area contributed by atoms with E-state index in [0.29, 0.717) is 17.1 Å². The zero-order valence-electron chi connectivity index (χ0n) is 18.1. The molecule has 0 unspecified atom stereocenters. The van der Waals surface area contributed by atoms with Gasteiger partial charge in [0.15, 0.2) is 0 Å². The number of esters is 2. The first-order chi connectivity index (χ1) is 15.3. The van der Waals surface area contributed by atoms with Gasteiger partial charge < -0.3 is 14.2 Å². The zero-order chi connectivity index (χ0) is 23.3. The predicted octanol–water partition coefficient (Wildman–Crippen LogP) is 5.70. The van der Waals surface area contributed by atoms with Crippen molar-refractivity contribution in [3.05, 3.63) is 70.7 Å². The van der Waals surface area contributed by atoms with E-state index in [2.05, 4.69) is 15.9 Å². The molecule has 7 heteroatoms. The summed E-state index contributed by atoms with van der Waals surface area (Å²) < 4.78 is 16.6. The van der Waals surface area contributed by atoms with Crippen molar-refractivity contribution in [3.63, 3.8) is 0 Å². The molecule has 1 fully saturated rings. The Bertz CT molecular complexity index is 1060. The topological polar surface area (TPSA) is 85.6 Å². The molecule has 0 saturated heterocycles. The Labute approximate surface area is 195 Å². The molecular formula is C25H24BrNO5. The van der Waals surface area contributed by atoms with E-state index < -0.39 is 29.4 Å². The zero-order valence-corrected chi connectivity index (χ0v) is 19.7. The maximum Gasteiger partial charge on any atom is 0.344 e. The van der Waals surface area contributed by atoms with Crippen molar-refractivity contribution in [1.29, 1.82) is 5.26 Å². The molecule has 0 spiro atoms. The number of halogens is 1. The van der Waals surface area contributed by atoms with Crippen LogP contribution in [0.4, 0.5) is 0 Å². The van der Waals surface area contributed by atoms with Gasteiger partial charge in [-0.2, -0.15) is 5.26 Å². The molecule has 0 radical (unpaired) electrons. The van der Waals surface area contributed by atoms with Gasteiger partial charge in [0.25, 0.3) is 0 Å². The summed E-state index contributed by atoms with van der Waals surface area (Å²) in [6.45, 7) is 5.82. The minimum Gasteiger partial charge on any atom is -0.462 e. The second-order valence-electron chi connectivity index (χ2n) is 7.99. The first-order valence-corrected chi connectivity index (χ1v) is 11.0. The molecule has 3 rings (SSSR count). The van der Waals surface area contributed by atoms with Crippen LogP contribution in [0.5, 0.6) is 11.5 Å². The number of ether oxygens (including phenoxy) is 3. The Morgan fingerprint density at radius 3 is 2.50 bits per heavy atom. The number of benzene rings is 2. The van der Waals surface area contributed by atoms with E-state index in [1.165, 1.54) is 0 Å². The third-order valence-electron chi connectivity index (χ3n) is 5.45. The highest BCUT2D eigenvalue weighted by atomic mass is 79.9. The summed E-state index contributed by atoms with van der Waals surface area (Å²) >= 11 is 3.22. The van der Waals surface area contributed by atoms with Crippen molar-refractivity contribution >= 4 is 27.9 Å². The number of carbonyl (C=O) groups is 2. The van der Waals surface area contributed by atoms with Gasteiger partial charge in [-0.3, -0.25) is 4.79 Å². The SMILES string of the molecule is CCOC(=O)C(Br)=C[C@@H]1[C@@H](C(=O)O[C@H](C#N)c2cccc(Oc3ccccc3)c2)C1(C)C. The second-order valence-corrected chi connectivity index (χ2v) is 8.85. The molecule has 0 aliphatic heterocycles. The Kier molecular flexibility index (Phi) is 7.37. The summed E-state index contributed by atoms with van der Waals surface area (Å²) in [4.78, 5) is 24.7. The standard InChI is InChI=1S/C25H24BrNO5/c1-4-30-23(28)20(26)14-19-22(25(19,2)3)24(29)32-21(15-27)16-9-8-12-18(13-16)31-17-10-6-5-7-11-17/h5-14,19,21-22H,4H2,1-3H3/t19-,21-,22+/m1/s1. The highest BCUT2D eigenvalue weighted by Crippen LogP contribution is 2.60. The van der Waals surface area contributed by atoms with Crippen molar-refractivity contribution in [2.45, 2.75) is 26.9 Å². The number of carbonyl (C=O) groups excluding carboxylic acids is 2. The molecule has 2 aromatic rings. The molecule has 0 amide bonds. The number of hydrogen-bond donors (Lipinski definition) is 0. The van der Waals surface area contributed by atoms with Gasteiger partial charge in [-0.1, -0.05) is 50.3 Å². The van der Waals surface area contributed by atoms with Crippen molar-refractivity contribution in [2.75, 3.05) is 6.61 Å². The van der Waals surface area contributed by atoms with E-state index in [1.807, 2.05) is 50.2 Å². The largest absolute Gasteiger partial charge is 0.462 e. The number of rotatable bonds is 8. The maximum absolute atomic E-state index is 12.9. The van der Waals surface area contributed by atoms with Crippen LogP contribution in [0.1, 0.15) is 32.4 Å². The molecule has 1 aliphatic carbocycles. The summed E-state index contributed by atoms with van der Waals surface area (Å²) in [7, 11) is 0. The van der Waals surface area contributed by atoms with Crippen LogP contribution in [0.3, 0.4) is 0 Å². The van der Waals surface area contributed by atoms with Crippen molar-refractivity contribution in [1.82, 2.24) is 0 Å². The van der Waals surface area contributed by atoms with Gasteiger partial charge in [0.1, 0.15) is 17.6 Å². The fourth-order valence-corrected chi connectivity index (χ4v) is 3.99. The van der Waals surface area contributed by atoms with Gasteiger partial charge >= 0.3 is 11.9 Å². The fraction of sp³-hybridized carbons (Fsp3) is 0.320. The van der Waals surface area contributed by atoms with Crippen LogP contribution in [0.2, 0.25) is 0 Å². The molecular weight excluding hydrogens is 474 g/mol. The number of para-hydroxylation sites is 1. The smallest absolute Gasteiger partial charge is 0.344 e. The Hall–Kier alpha value is -3.11. The van der Waals surface area contributed by atoms with Crippen LogP contribution in [0.25, 0.3) is 0 Å². The van der Waals surface area contributed by atoms with Crippen LogP contribution in [0, 0.1) is 28.6 Å². The quantitative estimate of drug-likeness (QED) is 0.343. The molecule has 1 saturated carbocycles. The van der Waals surface area contributed by atoms with Gasteiger partial charge in [-0.05, 0) is 58.5 Å². The number of nitrogens with zero attached hydrogens (tertiary/aromatic N) is 1. The molecule has 0 heterocycles. The van der Waals surface area contributed by atoms with Gasteiger partial charge in [0.2, 0.25) is 6.10 Å². The second kappa shape index (κ2) is 10.0. The van der Waals surface area contributed by atoms with Crippen LogP contribution in [-0.2, 0) is 19.1 Å². The minimum atomic E-state index is -1.07. The van der Waals surface area contributed by atoms with E-state index in [-0.39, 0.29) is 17.0 Å². The highest BCUT2D eigenvalue weighted by molar-refractivity contribution is 9.12. The monoisotopic (exact) mass is 497 g/mol. The molecule has 1 aliphatic rings. The average Bonchev–Trinajstić information content (AvgIpc) is 3.32. The third kappa shape index (κ3) is 5.38. The number of allylic oxidation sites excluding steroid dienone is 1. The summed E-state index contributed by atoms with van der Waals surface area (Å²) in [6.07, 6.45) is 0.607. The highest BCUT2D eigenvalue weighted by Gasteiger charge is 2.62. The minimum absolute atomic E-state index is 0.208. The molecule has 2 aromatic carbocycles. The Morgan fingerprint density at radius 2 is 1.84 bits per heavy atom. The maximum atomic E-state index is 12.9. The van der Waals surface area contributed by atoms with Gasteiger partial charge in [0.05, 0.1) is 17.0 Å². The van der Waals surface area contributed by atoms with Gasteiger partial charge in [-0.25, -0.2) is 4.79 Å². The number of hydrogen-bond acceptors (Lipinski definition) is 6. The first-order valence-electron chi connectivity index (χ1n) is 10.2. The molecule has 3 atom stereocenters. The van der Waals surface area contributed by atoms with Gasteiger partial charge in [0, 0.05) is 5.56 Å². The van der Waals surface area contributed by atoms with Crippen molar-refractivity contribution in [2.24, 2.45) is 17.3 Å². The molecule has 6 nitrogen and oxygen atoms in total. The Balaban J connectivity index is 1.70. The lowest BCUT2D eigenvalue weighted by molar-refractivity contribution is -0.149. The lowest BCUT2D eigenvalue weighted by Gasteiger charge is -2.13. The first kappa shape index (κ1) is 23.6. The van der Waals surface area contributed by atoms with Gasteiger partial charge in [-0.15, -0.1) is 0 Å². The van der Waals surface area contributed by atoms with E-state index in [4.69, 9.17) is 14.2 Å². The van der Waals surface area contributed by atoms with Crippen molar-refractivity contribution < 1.29 is 23.8 Å². The fourth-order valence-electron chi connectivity index (χ4n) is 3.59. The van der Waals surface area contributed by atoms with E-state index in [9.17, 15) is 14.9 Å². The summed E-state index contributed by atoms with van der Waals surface area (Å²) in [6, 6.07) is 18.2. The van der Waals surface area contributed by atoms with E-state index in [0.717, 1.165) is 0 Å². The van der Waals surface area contributed by atoms with Crippen LogP contribution in [0.15, 0.2) is 65.2 Å². The lowest BCUT2D eigenvalue weighted by atomic mass is 10.1. The average molecular weight is 498 g/mol. The van der Waals surface area contributed by atoms with E-state index in [1.54, 1.807) is 37.3 Å². The summed E-state index contributed by atoms with van der Waals surface area (Å²) in [5.41, 5.74) is 0.119. The Morgan fingerprint density at radius 1 is 1.16 bits per heavy atom. The molecule has 166 valence electrons. The number of nitriles is 1. The van der Waals surface area contributed by atoms with Crippen LogP contribution in [-0.4, -0.2) is 18.5 Å². The molecule has 32 heavy (non-hydrogen) atoms. The predicted molar refractivity (Wildman–Crippen MR) is 122 cm³/mol. The molecule has 0 bridgehead atoms.